The van der Waals surface area contributed by atoms with Crippen molar-refractivity contribution >= 4 is 11.6 Å². The van der Waals surface area contributed by atoms with Gasteiger partial charge < -0.3 is 24.5 Å². The Hall–Kier alpha value is -2.47. The van der Waals surface area contributed by atoms with Crippen LogP contribution in [0.25, 0.3) is 0 Å². The van der Waals surface area contributed by atoms with E-state index in [1.54, 1.807) is 24.5 Å². The van der Waals surface area contributed by atoms with Crippen molar-refractivity contribution in [3.05, 3.63) is 42.4 Å². The highest BCUT2D eigenvalue weighted by Gasteiger charge is 2.12. The third kappa shape index (κ3) is 3.55. The lowest BCUT2D eigenvalue weighted by Crippen LogP contribution is -2.27. The van der Waals surface area contributed by atoms with Crippen molar-refractivity contribution < 1.29 is 18.7 Å². The average molecular weight is 288 g/mol. The number of hydrogen-bond acceptors (Lipinski definition) is 5. The highest BCUT2D eigenvalue weighted by Crippen LogP contribution is 2.32. The molecule has 0 saturated carbocycles. The smallest absolute Gasteiger partial charge is 0.238 e. The van der Waals surface area contributed by atoms with Gasteiger partial charge in [0, 0.05) is 11.8 Å². The highest BCUT2D eigenvalue weighted by atomic mass is 16.6. The lowest BCUT2D eigenvalue weighted by molar-refractivity contribution is -0.115. The highest BCUT2D eigenvalue weighted by molar-refractivity contribution is 5.92. The first-order valence-electron chi connectivity index (χ1n) is 6.74. The van der Waals surface area contributed by atoms with Crippen LogP contribution in [0.5, 0.6) is 11.5 Å². The summed E-state index contributed by atoms with van der Waals surface area (Å²) < 4.78 is 16.1. The molecule has 0 radical (unpaired) electrons. The Bertz CT molecular complexity index is 610. The van der Waals surface area contributed by atoms with Crippen LogP contribution < -0.4 is 20.1 Å². The summed E-state index contributed by atoms with van der Waals surface area (Å²) in [4.78, 5) is 11.8. The molecule has 0 aliphatic carbocycles. The summed E-state index contributed by atoms with van der Waals surface area (Å²) in [6, 6.07) is 9.01. The van der Waals surface area contributed by atoms with Gasteiger partial charge in [0.05, 0.1) is 19.4 Å². The van der Waals surface area contributed by atoms with Gasteiger partial charge in [0.2, 0.25) is 5.91 Å². The van der Waals surface area contributed by atoms with E-state index in [1.807, 2.05) is 12.1 Å². The molecule has 110 valence electrons. The predicted molar refractivity (Wildman–Crippen MR) is 76.5 cm³/mol. The van der Waals surface area contributed by atoms with Gasteiger partial charge in [-0.3, -0.25) is 4.79 Å². The summed E-state index contributed by atoms with van der Waals surface area (Å²) in [5.74, 6) is 2.03. The molecule has 0 unspecified atom stereocenters. The van der Waals surface area contributed by atoms with Crippen molar-refractivity contribution in [1.29, 1.82) is 0 Å². The first-order valence-corrected chi connectivity index (χ1v) is 6.74. The first kappa shape index (κ1) is 13.5. The number of nitrogens with one attached hydrogen (secondary N) is 2. The van der Waals surface area contributed by atoms with Crippen LogP contribution in [-0.4, -0.2) is 25.7 Å². The number of carbonyl (C=O) groups excluding carboxylic acids is 1. The molecule has 6 nitrogen and oxygen atoms in total. The molecule has 1 aliphatic heterocycles. The van der Waals surface area contributed by atoms with E-state index in [1.165, 1.54) is 0 Å². The largest absolute Gasteiger partial charge is 0.486 e. The molecule has 0 fully saturated rings. The van der Waals surface area contributed by atoms with E-state index >= 15 is 0 Å². The third-order valence-electron chi connectivity index (χ3n) is 2.99. The molecule has 3 rings (SSSR count). The molecule has 1 aromatic carbocycles. The van der Waals surface area contributed by atoms with Gasteiger partial charge in [-0.05, 0) is 24.3 Å². The standard InChI is InChI=1S/C15H16N2O4/c18-15(10-16-9-12-2-1-5-19-12)17-11-3-4-13-14(8-11)21-7-6-20-13/h1-5,8,16H,6-7,9-10H2,(H,17,18). The van der Waals surface area contributed by atoms with E-state index in [0.29, 0.717) is 36.9 Å². The van der Waals surface area contributed by atoms with Crippen LogP contribution in [0, 0.1) is 0 Å². The molecule has 0 atom stereocenters. The Morgan fingerprint density at radius 2 is 2.00 bits per heavy atom. The van der Waals surface area contributed by atoms with Crippen molar-refractivity contribution in [3.8, 4) is 11.5 Å². The number of hydrogen-bond donors (Lipinski definition) is 2. The molecule has 0 saturated heterocycles. The van der Waals surface area contributed by atoms with Gasteiger partial charge in [-0.25, -0.2) is 0 Å². The average Bonchev–Trinajstić information content (AvgIpc) is 3.00. The van der Waals surface area contributed by atoms with Gasteiger partial charge in [-0.2, -0.15) is 0 Å². The molecular weight excluding hydrogens is 272 g/mol. The second kappa shape index (κ2) is 6.32. The zero-order valence-corrected chi connectivity index (χ0v) is 11.4. The zero-order chi connectivity index (χ0) is 14.5. The van der Waals surface area contributed by atoms with Gasteiger partial charge in [0.25, 0.3) is 0 Å². The number of carbonyl (C=O) groups is 1. The molecule has 2 heterocycles. The summed E-state index contributed by atoms with van der Waals surface area (Å²) in [6.07, 6.45) is 1.60. The van der Waals surface area contributed by atoms with Crippen molar-refractivity contribution in [1.82, 2.24) is 5.32 Å². The SMILES string of the molecule is O=C(CNCc1ccco1)Nc1ccc2c(c1)OCCO2. The normalized spacial score (nSPS) is 13.0. The monoisotopic (exact) mass is 288 g/mol. The first-order chi connectivity index (χ1) is 10.3. The van der Waals surface area contributed by atoms with Gasteiger partial charge in [-0.15, -0.1) is 0 Å². The number of fused-ring (bicyclic) bond motifs is 1. The molecule has 2 aromatic rings. The van der Waals surface area contributed by atoms with Crippen LogP contribution >= 0.6 is 0 Å². The van der Waals surface area contributed by atoms with E-state index in [2.05, 4.69) is 10.6 Å². The van der Waals surface area contributed by atoms with Gasteiger partial charge >= 0.3 is 0 Å². The maximum atomic E-state index is 11.8. The summed E-state index contributed by atoms with van der Waals surface area (Å²) in [6.45, 7) is 1.79. The number of furan rings is 1. The summed E-state index contributed by atoms with van der Waals surface area (Å²) in [5.41, 5.74) is 0.684. The quantitative estimate of drug-likeness (QED) is 0.877. The Labute approximate surface area is 122 Å². The van der Waals surface area contributed by atoms with Crippen LogP contribution in [0.3, 0.4) is 0 Å². The number of benzene rings is 1. The molecule has 2 N–H and O–H groups in total. The zero-order valence-electron chi connectivity index (χ0n) is 11.4. The molecule has 0 bridgehead atoms. The van der Waals surface area contributed by atoms with Crippen LogP contribution in [-0.2, 0) is 11.3 Å². The maximum absolute atomic E-state index is 11.8. The molecule has 21 heavy (non-hydrogen) atoms. The third-order valence-corrected chi connectivity index (χ3v) is 2.99. The van der Waals surface area contributed by atoms with Crippen molar-refractivity contribution in [2.45, 2.75) is 6.54 Å². The minimum absolute atomic E-state index is 0.127. The van der Waals surface area contributed by atoms with E-state index in [9.17, 15) is 4.79 Å². The van der Waals surface area contributed by atoms with Crippen LogP contribution in [0.4, 0.5) is 5.69 Å². The lowest BCUT2D eigenvalue weighted by atomic mass is 10.2. The lowest BCUT2D eigenvalue weighted by Gasteiger charge is -2.19. The Morgan fingerprint density at radius 1 is 1.14 bits per heavy atom. The predicted octanol–water partition coefficient (Wildman–Crippen LogP) is 1.78. The van der Waals surface area contributed by atoms with Gasteiger partial charge in [0.15, 0.2) is 11.5 Å². The molecule has 0 spiro atoms. The van der Waals surface area contributed by atoms with Crippen LogP contribution in [0.2, 0.25) is 0 Å². The van der Waals surface area contributed by atoms with E-state index in [-0.39, 0.29) is 12.5 Å². The van der Waals surface area contributed by atoms with E-state index < -0.39 is 0 Å². The van der Waals surface area contributed by atoms with Crippen LogP contribution in [0.15, 0.2) is 41.0 Å². The number of amides is 1. The summed E-state index contributed by atoms with van der Waals surface area (Å²) in [5, 5.41) is 5.81. The van der Waals surface area contributed by atoms with Gasteiger partial charge in [0.1, 0.15) is 19.0 Å². The molecule has 1 aromatic heterocycles. The Balaban J connectivity index is 1.50. The fourth-order valence-electron chi connectivity index (χ4n) is 2.04. The van der Waals surface area contributed by atoms with Crippen LogP contribution in [0.1, 0.15) is 5.76 Å². The molecule has 6 heteroatoms. The molecule has 1 aliphatic rings. The number of ether oxygens (including phenoxy) is 2. The maximum Gasteiger partial charge on any atom is 0.238 e. The number of anilines is 1. The Morgan fingerprint density at radius 3 is 2.81 bits per heavy atom. The van der Waals surface area contributed by atoms with Crippen molar-refractivity contribution in [2.24, 2.45) is 0 Å². The fourth-order valence-corrected chi connectivity index (χ4v) is 2.04. The topological polar surface area (TPSA) is 72.7 Å². The fraction of sp³-hybridized carbons (Fsp3) is 0.267. The minimum Gasteiger partial charge on any atom is -0.486 e. The number of rotatable bonds is 5. The summed E-state index contributed by atoms with van der Waals surface area (Å²) in [7, 11) is 0. The second-order valence-corrected chi connectivity index (χ2v) is 4.59. The van der Waals surface area contributed by atoms with Crippen molar-refractivity contribution in [3.63, 3.8) is 0 Å². The second-order valence-electron chi connectivity index (χ2n) is 4.59. The van der Waals surface area contributed by atoms with Gasteiger partial charge in [-0.1, -0.05) is 0 Å². The van der Waals surface area contributed by atoms with Crippen molar-refractivity contribution in [2.75, 3.05) is 25.1 Å². The Kier molecular flexibility index (Phi) is 4.07. The molecular formula is C15H16N2O4. The summed E-state index contributed by atoms with van der Waals surface area (Å²) >= 11 is 0. The van der Waals surface area contributed by atoms with E-state index in [4.69, 9.17) is 13.9 Å². The minimum atomic E-state index is -0.127. The van der Waals surface area contributed by atoms with E-state index in [0.717, 1.165) is 5.76 Å². The molecule has 1 amide bonds.